The van der Waals surface area contributed by atoms with Gasteiger partial charge in [-0.1, -0.05) is 18.5 Å². The van der Waals surface area contributed by atoms with Crippen molar-refractivity contribution in [1.82, 2.24) is 10.3 Å². The van der Waals surface area contributed by atoms with Crippen LogP contribution in [0.25, 0.3) is 0 Å². The summed E-state index contributed by atoms with van der Waals surface area (Å²) < 4.78 is 15.9. The van der Waals surface area contributed by atoms with Crippen LogP contribution in [0.3, 0.4) is 0 Å². The molecule has 1 N–H and O–H groups in total. The molecule has 0 unspecified atom stereocenters. The van der Waals surface area contributed by atoms with Crippen LogP contribution < -0.4 is 10.1 Å². The minimum absolute atomic E-state index is 0.476. The SMILES string of the molecule is CCCNCc1nc(OCCOCCCOC)ccc1Cl. The summed E-state index contributed by atoms with van der Waals surface area (Å²) in [5.74, 6) is 0.577. The first-order valence-corrected chi connectivity index (χ1v) is 7.71. The largest absolute Gasteiger partial charge is 0.475 e. The number of nitrogens with zero attached hydrogens (tertiary/aromatic N) is 1. The van der Waals surface area contributed by atoms with Gasteiger partial charge in [-0.2, -0.15) is 0 Å². The van der Waals surface area contributed by atoms with Crippen LogP contribution in [0, 0.1) is 0 Å². The number of nitrogens with one attached hydrogen (secondary N) is 1. The first kappa shape index (κ1) is 18.2. The van der Waals surface area contributed by atoms with Crippen molar-refractivity contribution in [2.75, 3.05) is 40.1 Å². The summed E-state index contributed by atoms with van der Waals surface area (Å²) in [5.41, 5.74) is 0.809. The van der Waals surface area contributed by atoms with Gasteiger partial charge < -0.3 is 19.5 Å². The van der Waals surface area contributed by atoms with Crippen molar-refractivity contribution in [1.29, 1.82) is 0 Å². The molecule has 0 radical (unpaired) electrons. The number of methoxy groups -OCH3 is 1. The summed E-state index contributed by atoms with van der Waals surface area (Å²) in [7, 11) is 1.68. The quantitative estimate of drug-likeness (QED) is 0.601. The molecule has 0 amide bonds. The molecular weight excluding hydrogens is 292 g/mol. The van der Waals surface area contributed by atoms with E-state index in [1.807, 2.05) is 6.07 Å². The normalized spacial score (nSPS) is 10.8. The summed E-state index contributed by atoms with van der Waals surface area (Å²) in [4.78, 5) is 4.40. The Morgan fingerprint density at radius 1 is 1.19 bits per heavy atom. The minimum atomic E-state index is 0.476. The average molecular weight is 317 g/mol. The molecule has 1 rings (SSSR count). The molecule has 0 fully saturated rings. The maximum Gasteiger partial charge on any atom is 0.213 e. The molecule has 0 spiro atoms. The monoisotopic (exact) mass is 316 g/mol. The van der Waals surface area contributed by atoms with E-state index in [9.17, 15) is 0 Å². The van der Waals surface area contributed by atoms with Crippen LogP contribution in [0.2, 0.25) is 5.02 Å². The highest BCUT2D eigenvalue weighted by Gasteiger charge is 2.04. The first-order valence-electron chi connectivity index (χ1n) is 7.33. The molecule has 0 aromatic carbocycles. The Kier molecular flexibility index (Phi) is 10.2. The second kappa shape index (κ2) is 11.7. The van der Waals surface area contributed by atoms with Crippen LogP contribution >= 0.6 is 11.6 Å². The van der Waals surface area contributed by atoms with E-state index in [4.69, 9.17) is 25.8 Å². The molecule has 0 aliphatic heterocycles. The lowest BCUT2D eigenvalue weighted by atomic mass is 10.3. The van der Waals surface area contributed by atoms with Gasteiger partial charge in [0, 0.05) is 32.9 Å². The summed E-state index contributed by atoms with van der Waals surface area (Å²) >= 11 is 6.11. The fraction of sp³-hybridized carbons (Fsp3) is 0.667. The van der Waals surface area contributed by atoms with E-state index in [0.717, 1.165) is 25.1 Å². The number of pyridine rings is 1. The predicted molar refractivity (Wildman–Crippen MR) is 84.1 cm³/mol. The molecule has 1 heterocycles. The van der Waals surface area contributed by atoms with Gasteiger partial charge in [-0.25, -0.2) is 4.98 Å². The Bertz CT molecular complexity index is 391. The van der Waals surface area contributed by atoms with Crippen molar-refractivity contribution in [3.63, 3.8) is 0 Å². The molecule has 0 bridgehead atoms. The number of aromatic nitrogens is 1. The van der Waals surface area contributed by atoms with Crippen molar-refractivity contribution < 1.29 is 14.2 Å². The third kappa shape index (κ3) is 8.21. The van der Waals surface area contributed by atoms with Crippen molar-refractivity contribution in [3.8, 4) is 5.88 Å². The zero-order valence-corrected chi connectivity index (χ0v) is 13.6. The van der Waals surface area contributed by atoms with Gasteiger partial charge in [0.15, 0.2) is 0 Å². The molecule has 0 saturated heterocycles. The Morgan fingerprint density at radius 3 is 2.81 bits per heavy atom. The highest BCUT2D eigenvalue weighted by molar-refractivity contribution is 6.31. The van der Waals surface area contributed by atoms with E-state index < -0.39 is 0 Å². The fourth-order valence-electron chi connectivity index (χ4n) is 1.66. The van der Waals surface area contributed by atoms with Gasteiger partial charge in [0.25, 0.3) is 0 Å². The van der Waals surface area contributed by atoms with Crippen LogP contribution in [0.1, 0.15) is 25.5 Å². The average Bonchev–Trinajstić information content (AvgIpc) is 2.49. The Balaban J connectivity index is 2.26. The van der Waals surface area contributed by atoms with E-state index >= 15 is 0 Å². The van der Waals surface area contributed by atoms with Crippen LogP contribution in [-0.4, -0.2) is 45.1 Å². The van der Waals surface area contributed by atoms with Crippen molar-refractivity contribution in [2.24, 2.45) is 0 Å². The highest BCUT2D eigenvalue weighted by atomic mass is 35.5. The number of hydrogen-bond donors (Lipinski definition) is 1. The number of rotatable bonds is 12. The molecular formula is C15H25ClN2O3. The topological polar surface area (TPSA) is 52.6 Å². The smallest absolute Gasteiger partial charge is 0.213 e. The Hall–Kier alpha value is -0.880. The van der Waals surface area contributed by atoms with Gasteiger partial charge in [0.05, 0.1) is 17.3 Å². The first-order chi connectivity index (χ1) is 10.3. The van der Waals surface area contributed by atoms with Crippen LogP contribution in [0.5, 0.6) is 5.88 Å². The number of hydrogen-bond acceptors (Lipinski definition) is 5. The van der Waals surface area contributed by atoms with Crippen molar-refractivity contribution >= 4 is 11.6 Å². The Labute approximate surface area is 131 Å². The molecule has 0 aliphatic rings. The third-order valence-electron chi connectivity index (χ3n) is 2.73. The van der Waals surface area contributed by atoms with Gasteiger partial charge >= 0.3 is 0 Å². The summed E-state index contributed by atoms with van der Waals surface area (Å²) in [6.07, 6.45) is 1.97. The zero-order chi connectivity index (χ0) is 15.3. The fourth-order valence-corrected chi connectivity index (χ4v) is 1.84. The van der Waals surface area contributed by atoms with E-state index in [-0.39, 0.29) is 0 Å². The molecule has 120 valence electrons. The van der Waals surface area contributed by atoms with Gasteiger partial charge in [-0.05, 0) is 25.5 Å². The van der Waals surface area contributed by atoms with Gasteiger partial charge in [0.1, 0.15) is 6.61 Å². The second-order valence-corrected chi connectivity index (χ2v) is 4.97. The van der Waals surface area contributed by atoms with E-state index in [1.165, 1.54) is 0 Å². The summed E-state index contributed by atoms with van der Waals surface area (Å²) in [5, 5.41) is 3.93. The van der Waals surface area contributed by atoms with Gasteiger partial charge in [-0.3, -0.25) is 0 Å². The van der Waals surface area contributed by atoms with Crippen LogP contribution in [0.4, 0.5) is 0 Å². The van der Waals surface area contributed by atoms with E-state index in [1.54, 1.807) is 13.2 Å². The Morgan fingerprint density at radius 2 is 2.05 bits per heavy atom. The molecule has 5 nitrogen and oxygen atoms in total. The maximum absolute atomic E-state index is 6.11. The van der Waals surface area contributed by atoms with Gasteiger partial charge in [0.2, 0.25) is 5.88 Å². The van der Waals surface area contributed by atoms with Crippen molar-refractivity contribution in [3.05, 3.63) is 22.8 Å². The summed E-state index contributed by atoms with van der Waals surface area (Å²) in [6.45, 7) is 6.12. The molecule has 6 heteroatoms. The lowest BCUT2D eigenvalue weighted by Gasteiger charge is -2.09. The standard InChI is InChI=1S/C15H25ClN2O3/c1-3-7-17-12-14-13(16)5-6-15(18-14)21-11-10-20-9-4-8-19-2/h5-6,17H,3-4,7-12H2,1-2H3. The number of halogens is 1. The molecule has 1 aromatic rings. The highest BCUT2D eigenvalue weighted by Crippen LogP contribution is 2.17. The van der Waals surface area contributed by atoms with E-state index in [2.05, 4.69) is 17.2 Å². The second-order valence-electron chi connectivity index (χ2n) is 4.56. The lowest BCUT2D eigenvalue weighted by Crippen LogP contribution is -2.16. The number of ether oxygens (including phenoxy) is 3. The van der Waals surface area contributed by atoms with Crippen molar-refractivity contribution in [2.45, 2.75) is 26.3 Å². The molecule has 21 heavy (non-hydrogen) atoms. The summed E-state index contributed by atoms with van der Waals surface area (Å²) in [6, 6.07) is 3.59. The van der Waals surface area contributed by atoms with Crippen LogP contribution in [-0.2, 0) is 16.0 Å². The minimum Gasteiger partial charge on any atom is -0.475 e. The zero-order valence-electron chi connectivity index (χ0n) is 12.9. The van der Waals surface area contributed by atoms with Gasteiger partial charge in [-0.15, -0.1) is 0 Å². The molecule has 0 aliphatic carbocycles. The lowest BCUT2D eigenvalue weighted by molar-refractivity contribution is 0.0795. The predicted octanol–water partition coefficient (Wildman–Crippen LogP) is 2.67. The molecule has 0 atom stereocenters. The third-order valence-corrected chi connectivity index (χ3v) is 3.07. The van der Waals surface area contributed by atoms with Crippen LogP contribution in [0.15, 0.2) is 12.1 Å². The molecule has 1 aromatic heterocycles. The van der Waals surface area contributed by atoms with E-state index in [0.29, 0.717) is 43.9 Å². The molecule has 0 saturated carbocycles. The maximum atomic E-state index is 6.11.